The van der Waals surface area contributed by atoms with Crippen molar-refractivity contribution in [2.45, 2.75) is 24.8 Å². The Labute approximate surface area is 178 Å². The van der Waals surface area contributed by atoms with E-state index in [0.717, 1.165) is 13.0 Å². The number of fused-ring (bicyclic) bond motifs is 4. The minimum Gasteiger partial charge on any atom is -0.310 e. The molecule has 3 aromatic carbocycles. The third kappa shape index (κ3) is 2.72. The van der Waals surface area contributed by atoms with E-state index in [1.807, 2.05) is 0 Å². The molecule has 2 heterocycles. The van der Waals surface area contributed by atoms with Gasteiger partial charge in [0.2, 0.25) is 0 Å². The van der Waals surface area contributed by atoms with Crippen LogP contribution in [0, 0.1) is 0 Å². The van der Waals surface area contributed by atoms with Crippen molar-refractivity contribution in [3.05, 3.63) is 89.0 Å². The molecule has 0 spiro atoms. The SMILES string of the molecule is C[N+]1=Cc2cccc(N(c3ccccc3)c3cccc4c3C3CC3[N+](C)=C4)c2CC1. The fraction of sp³-hybridized carbons (Fsp3) is 0.259. The van der Waals surface area contributed by atoms with Gasteiger partial charge in [-0.3, -0.25) is 0 Å². The molecule has 6 rings (SSSR count). The van der Waals surface area contributed by atoms with Gasteiger partial charge < -0.3 is 4.90 Å². The van der Waals surface area contributed by atoms with Gasteiger partial charge in [-0.2, -0.15) is 0 Å². The summed E-state index contributed by atoms with van der Waals surface area (Å²) in [6.45, 7) is 1.06. The largest absolute Gasteiger partial charge is 0.310 e. The van der Waals surface area contributed by atoms with Crippen molar-refractivity contribution in [1.29, 1.82) is 0 Å². The Morgan fingerprint density at radius 2 is 1.57 bits per heavy atom. The second-order valence-corrected chi connectivity index (χ2v) is 8.86. The normalized spacial score (nSPS) is 21.0. The van der Waals surface area contributed by atoms with E-state index in [2.05, 4.69) is 107 Å². The summed E-state index contributed by atoms with van der Waals surface area (Å²) in [6, 6.07) is 25.1. The van der Waals surface area contributed by atoms with Gasteiger partial charge in [0.25, 0.3) is 0 Å². The zero-order valence-electron chi connectivity index (χ0n) is 17.6. The van der Waals surface area contributed by atoms with E-state index in [9.17, 15) is 0 Å². The van der Waals surface area contributed by atoms with Gasteiger partial charge in [0.1, 0.15) is 20.6 Å². The minimum absolute atomic E-state index is 0.634. The highest BCUT2D eigenvalue weighted by molar-refractivity contribution is 5.91. The third-order valence-electron chi connectivity index (χ3n) is 6.87. The Kier molecular flexibility index (Phi) is 3.92. The Balaban J connectivity index is 1.60. The van der Waals surface area contributed by atoms with Crippen LogP contribution < -0.4 is 4.90 Å². The summed E-state index contributed by atoms with van der Waals surface area (Å²) in [5.41, 5.74) is 9.54. The molecule has 0 amide bonds. The molecule has 0 bridgehead atoms. The summed E-state index contributed by atoms with van der Waals surface area (Å²) in [5, 5.41) is 0. The number of likely N-dealkylation sites (N-methyl/N-ethyl adjacent to an activating group) is 2. The molecule has 2 atom stereocenters. The van der Waals surface area contributed by atoms with Crippen LogP contribution in [0.4, 0.5) is 17.1 Å². The van der Waals surface area contributed by atoms with Crippen LogP contribution in [0.1, 0.15) is 34.6 Å². The molecular formula is C27H27N3+2. The molecule has 0 radical (unpaired) electrons. The van der Waals surface area contributed by atoms with Crippen LogP contribution in [0.2, 0.25) is 0 Å². The van der Waals surface area contributed by atoms with Crippen LogP contribution in [-0.2, 0) is 6.42 Å². The Morgan fingerprint density at radius 1 is 0.800 bits per heavy atom. The van der Waals surface area contributed by atoms with E-state index in [4.69, 9.17) is 0 Å². The van der Waals surface area contributed by atoms with Gasteiger partial charge >= 0.3 is 0 Å². The maximum atomic E-state index is 2.51. The first-order valence-corrected chi connectivity index (χ1v) is 10.9. The predicted molar refractivity (Wildman–Crippen MR) is 124 cm³/mol. The minimum atomic E-state index is 0.634. The molecule has 3 aliphatic rings. The second kappa shape index (κ2) is 6.66. The smallest absolute Gasteiger partial charge is 0.171 e. The van der Waals surface area contributed by atoms with Crippen LogP contribution in [-0.4, -0.2) is 48.3 Å². The highest BCUT2D eigenvalue weighted by Gasteiger charge is 2.51. The zero-order valence-corrected chi connectivity index (χ0v) is 17.6. The average molecular weight is 394 g/mol. The lowest BCUT2D eigenvalue weighted by atomic mass is 9.95. The molecule has 3 aromatic rings. The number of nitrogens with zero attached hydrogens (tertiary/aromatic N) is 3. The van der Waals surface area contributed by atoms with E-state index in [-0.39, 0.29) is 0 Å². The fourth-order valence-electron chi connectivity index (χ4n) is 5.31. The Bertz CT molecular complexity index is 1210. The lowest BCUT2D eigenvalue weighted by Crippen LogP contribution is -2.23. The van der Waals surface area contributed by atoms with Gasteiger partial charge in [0.05, 0.1) is 17.3 Å². The number of anilines is 3. The summed E-state index contributed by atoms with van der Waals surface area (Å²) in [7, 11) is 4.38. The number of hydrogen-bond donors (Lipinski definition) is 0. The molecule has 1 saturated carbocycles. The number of rotatable bonds is 3. The summed E-state index contributed by atoms with van der Waals surface area (Å²) in [5.74, 6) is 0.634. The van der Waals surface area contributed by atoms with Crippen LogP contribution in [0.5, 0.6) is 0 Å². The van der Waals surface area contributed by atoms with Gasteiger partial charge in [-0.25, -0.2) is 9.15 Å². The fourth-order valence-corrected chi connectivity index (χ4v) is 5.31. The van der Waals surface area contributed by atoms with Crippen molar-refractivity contribution in [3.8, 4) is 0 Å². The van der Waals surface area contributed by atoms with Crippen molar-refractivity contribution >= 4 is 29.5 Å². The molecule has 3 heteroatoms. The molecule has 3 nitrogen and oxygen atoms in total. The highest BCUT2D eigenvalue weighted by atomic mass is 15.2. The maximum Gasteiger partial charge on any atom is 0.171 e. The first kappa shape index (κ1) is 17.6. The third-order valence-corrected chi connectivity index (χ3v) is 6.87. The summed E-state index contributed by atoms with van der Waals surface area (Å²) in [6.07, 6.45) is 6.94. The monoisotopic (exact) mass is 393 g/mol. The van der Waals surface area contributed by atoms with Gasteiger partial charge in [-0.05, 0) is 47.5 Å². The lowest BCUT2D eigenvalue weighted by molar-refractivity contribution is -0.509. The molecular weight excluding hydrogens is 366 g/mol. The number of benzene rings is 3. The summed E-state index contributed by atoms with van der Waals surface area (Å²) in [4.78, 5) is 2.51. The van der Waals surface area contributed by atoms with Gasteiger partial charge in [-0.15, -0.1) is 0 Å². The van der Waals surface area contributed by atoms with E-state index in [1.165, 1.54) is 45.7 Å². The van der Waals surface area contributed by atoms with E-state index in [1.54, 1.807) is 0 Å². The van der Waals surface area contributed by atoms with Crippen LogP contribution in [0.15, 0.2) is 66.7 Å². The Morgan fingerprint density at radius 3 is 2.40 bits per heavy atom. The molecule has 1 fully saturated rings. The molecule has 1 aliphatic carbocycles. The summed E-state index contributed by atoms with van der Waals surface area (Å²) < 4.78 is 4.70. The summed E-state index contributed by atoms with van der Waals surface area (Å²) >= 11 is 0. The first-order valence-electron chi connectivity index (χ1n) is 10.9. The van der Waals surface area contributed by atoms with E-state index >= 15 is 0 Å². The molecule has 2 unspecified atom stereocenters. The van der Waals surface area contributed by atoms with E-state index < -0.39 is 0 Å². The van der Waals surface area contributed by atoms with Gasteiger partial charge in [0, 0.05) is 29.7 Å². The Hall–Kier alpha value is -3.20. The molecule has 0 N–H and O–H groups in total. The standard InChI is InChI=1S/C27H27N3/c1-28-15-14-22-19(17-28)8-6-12-24(22)30(21-10-4-3-5-11-21)25-13-7-9-20-18-29(2)26-16-23(26)27(20)25/h3-13,17-18,23,26H,14-16H2,1-2H3/q+2. The average Bonchev–Trinajstić information content (AvgIpc) is 3.56. The van der Waals surface area contributed by atoms with Crippen LogP contribution >= 0.6 is 0 Å². The van der Waals surface area contributed by atoms with Crippen molar-refractivity contribution < 1.29 is 9.15 Å². The molecule has 0 aromatic heterocycles. The zero-order chi connectivity index (χ0) is 20.2. The molecule has 0 saturated heterocycles. The second-order valence-electron chi connectivity index (χ2n) is 8.86. The van der Waals surface area contributed by atoms with Crippen LogP contribution in [0.3, 0.4) is 0 Å². The lowest BCUT2D eigenvalue weighted by Gasteiger charge is -2.31. The predicted octanol–water partition coefficient (Wildman–Crippen LogP) is 4.70. The highest BCUT2D eigenvalue weighted by Crippen LogP contribution is 2.52. The van der Waals surface area contributed by atoms with Crippen molar-refractivity contribution in [2.24, 2.45) is 0 Å². The molecule has 30 heavy (non-hydrogen) atoms. The van der Waals surface area contributed by atoms with Gasteiger partial charge in [0.15, 0.2) is 18.5 Å². The quantitative estimate of drug-likeness (QED) is 0.586. The van der Waals surface area contributed by atoms with Crippen molar-refractivity contribution in [2.75, 3.05) is 25.5 Å². The van der Waals surface area contributed by atoms with Crippen molar-refractivity contribution in [1.82, 2.24) is 0 Å². The first-order chi connectivity index (χ1) is 14.7. The molecule has 2 aliphatic heterocycles. The maximum absolute atomic E-state index is 2.51. The van der Waals surface area contributed by atoms with Gasteiger partial charge in [-0.1, -0.05) is 30.3 Å². The number of para-hydroxylation sites is 1. The van der Waals surface area contributed by atoms with Crippen LogP contribution in [0.25, 0.3) is 0 Å². The van der Waals surface area contributed by atoms with Crippen molar-refractivity contribution in [3.63, 3.8) is 0 Å². The number of hydrogen-bond acceptors (Lipinski definition) is 1. The van der Waals surface area contributed by atoms with E-state index in [0.29, 0.717) is 12.0 Å². The molecule has 148 valence electrons. The topological polar surface area (TPSA) is 9.26 Å².